The Labute approximate surface area is 155 Å². The molecule has 0 saturated carbocycles. The number of nitrogens with one attached hydrogen (secondary N) is 1. The summed E-state index contributed by atoms with van der Waals surface area (Å²) in [5, 5.41) is 2.80. The highest BCUT2D eigenvalue weighted by Crippen LogP contribution is 2.27. The van der Waals surface area contributed by atoms with Crippen molar-refractivity contribution in [2.75, 3.05) is 18.0 Å². The molecule has 0 spiro atoms. The molecular weight excluding hydrogens is 380 g/mol. The summed E-state index contributed by atoms with van der Waals surface area (Å²) in [5.74, 6) is 5.42. The fourth-order valence-electron chi connectivity index (χ4n) is 2.72. The van der Waals surface area contributed by atoms with Crippen molar-refractivity contribution >= 4 is 33.4 Å². The third-order valence-corrected chi connectivity index (χ3v) is 4.47. The van der Waals surface area contributed by atoms with E-state index in [2.05, 4.69) is 33.1 Å². The molecule has 0 bridgehead atoms. The zero-order valence-corrected chi connectivity index (χ0v) is 15.1. The second-order valence-corrected chi connectivity index (χ2v) is 6.69. The Morgan fingerprint density at radius 3 is 2.76 bits per heavy atom. The number of anilines is 1. The SMILES string of the molecule is O=C(NCC#Cc1ccccc1)[C@H]1CC(=O)N(c2cccc(Br)c2)C1. The normalized spacial score (nSPS) is 16.3. The number of nitrogens with zero attached hydrogens (tertiary/aromatic N) is 1. The van der Waals surface area contributed by atoms with Crippen molar-refractivity contribution in [3.05, 3.63) is 64.6 Å². The highest BCUT2D eigenvalue weighted by molar-refractivity contribution is 9.10. The van der Waals surface area contributed by atoms with Gasteiger partial charge in [-0.2, -0.15) is 0 Å². The molecule has 1 atom stereocenters. The third kappa shape index (κ3) is 4.49. The van der Waals surface area contributed by atoms with Gasteiger partial charge >= 0.3 is 0 Å². The van der Waals surface area contributed by atoms with Gasteiger partial charge in [0.05, 0.1) is 12.5 Å². The molecule has 25 heavy (non-hydrogen) atoms. The molecule has 1 aliphatic rings. The first-order valence-corrected chi connectivity index (χ1v) is 8.80. The molecule has 0 aromatic heterocycles. The third-order valence-electron chi connectivity index (χ3n) is 3.97. The van der Waals surface area contributed by atoms with E-state index in [1.165, 1.54) is 0 Å². The van der Waals surface area contributed by atoms with Gasteiger partial charge < -0.3 is 10.2 Å². The van der Waals surface area contributed by atoms with E-state index in [0.717, 1.165) is 15.7 Å². The molecule has 1 heterocycles. The van der Waals surface area contributed by atoms with Crippen LogP contribution in [0.5, 0.6) is 0 Å². The van der Waals surface area contributed by atoms with Gasteiger partial charge in [-0.3, -0.25) is 9.59 Å². The van der Waals surface area contributed by atoms with E-state index in [1.54, 1.807) is 4.90 Å². The van der Waals surface area contributed by atoms with Gasteiger partial charge in [0.25, 0.3) is 0 Å². The maximum Gasteiger partial charge on any atom is 0.227 e. The van der Waals surface area contributed by atoms with E-state index in [9.17, 15) is 9.59 Å². The Morgan fingerprint density at radius 1 is 1.20 bits per heavy atom. The zero-order valence-electron chi connectivity index (χ0n) is 13.5. The van der Waals surface area contributed by atoms with Crippen molar-refractivity contribution in [1.29, 1.82) is 0 Å². The number of halogens is 1. The quantitative estimate of drug-likeness (QED) is 0.810. The number of carbonyl (C=O) groups excluding carboxylic acids is 2. The summed E-state index contributed by atoms with van der Waals surface area (Å²) in [6.07, 6.45) is 0.227. The highest BCUT2D eigenvalue weighted by Gasteiger charge is 2.34. The Hall–Kier alpha value is -2.58. The summed E-state index contributed by atoms with van der Waals surface area (Å²) in [5.41, 5.74) is 1.71. The molecule has 1 fully saturated rings. The number of amides is 2. The standard InChI is InChI=1S/C20H17BrN2O2/c21-17-9-4-10-18(13-17)23-14-16(12-19(23)24)20(25)22-11-5-8-15-6-2-1-3-7-15/h1-4,6-7,9-10,13,16H,11-12,14H2,(H,22,25)/t16-/m0/s1. The predicted molar refractivity (Wildman–Crippen MR) is 101 cm³/mol. The zero-order chi connectivity index (χ0) is 17.6. The van der Waals surface area contributed by atoms with Crippen LogP contribution in [0, 0.1) is 17.8 Å². The van der Waals surface area contributed by atoms with E-state index in [0.29, 0.717) is 6.54 Å². The second-order valence-electron chi connectivity index (χ2n) is 5.77. The van der Waals surface area contributed by atoms with Gasteiger partial charge in [-0.25, -0.2) is 0 Å². The van der Waals surface area contributed by atoms with Gasteiger partial charge in [-0.1, -0.05) is 52.0 Å². The molecule has 2 aromatic rings. The first kappa shape index (κ1) is 17.2. The smallest absolute Gasteiger partial charge is 0.227 e. The van der Waals surface area contributed by atoms with Crippen molar-refractivity contribution in [2.45, 2.75) is 6.42 Å². The first-order chi connectivity index (χ1) is 12.1. The van der Waals surface area contributed by atoms with Crippen LogP contribution in [0.15, 0.2) is 59.1 Å². The largest absolute Gasteiger partial charge is 0.345 e. The Morgan fingerprint density at radius 2 is 2.00 bits per heavy atom. The van der Waals surface area contributed by atoms with Crippen LogP contribution in [-0.2, 0) is 9.59 Å². The van der Waals surface area contributed by atoms with Crippen LogP contribution < -0.4 is 10.2 Å². The van der Waals surface area contributed by atoms with Gasteiger partial charge in [0.1, 0.15) is 0 Å². The topological polar surface area (TPSA) is 49.4 Å². The summed E-state index contributed by atoms with van der Waals surface area (Å²) >= 11 is 3.40. The minimum absolute atomic E-state index is 0.0337. The molecule has 0 aliphatic carbocycles. The lowest BCUT2D eigenvalue weighted by atomic mass is 10.1. The summed E-state index contributed by atoms with van der Waals surface area (Å²) in [4.78, 5) is 26.2. The predicted octanol–water partition coefficient (Wildman–Crippen LogP) is 2.97. The molecule has 4 nitrogen and oxygen atoms in total. The fraction of sp³-hybridized carbons (Fsp3) is 0.200. The Kier molecular flexibility index (Phi) is 5.52. The van der Waals surface area contributed by atoms with Gasteiger partial charge in [0, 0.05) is 28.7 Å². The fourth-order valence-corrected chi connectivity index (χ4v) is 3.11. The number of hydrogen-bond acceptors (Lipinski definition) is 2. The molecule has 1 N–H and O–H groups in total. The number of rotatable bonds is 3. The minimum Gasteiger partial charge on any atom is -0.345 e. The molecule has 0 radical (unpaired) electrons. The summed E-state index contributed by atoms with van der Waals surface area (Å²) in [7, 11) is 0. The van der Waals surface area contributed by atoms with Crippen LogP contribution >= 0.6 is 15.9 Å². The van der Waals surface area contributed by atoms with Crippen molar-refractivity contribution in [3.8, 4) is 11.8 Å². The maximum atomic E-state index is 12.3. The number of carbonyl (C=O) groups is 2. The van der Waals surface area contributed by atoms with Gasteiger partial charge in [-0.05, 0) is 30.3 Å². The lowest BCUT2D eigenvalue weighted by Crippen LogP contribution is -2.33. The number of benzene rings is 2. The molecule has 3 rings (SSSR count). The molecule has 1 aliphatic heterocycles. The van der Waals surface area contributed by atoms with Gasteiger partial charge in [0.2, 0.25) is 11.8 Å². The molecule has 2 amide bonds. The van der Waals surface area contributed by atoms with Gasteiger partial charge in [-0.15, -0.1) is 0 Å². The van der Waals surface area contributed by atoms with Crippen LogP contribution in [0.1, 0.15) is 12.0 Å². The molecule has 126 valence electrons. The first-order valence-electron chi connectivity index (χ1n) is 8.01. The van der Waals surface area contributed by atoms with Crippen LogP contribution in [0.25, 0.3) is 0 Å². The summed E-state index contributed by atoms with van der Waals surface area (Å²) in [6, 6.07) is 17.1. The van der Waals surface area contributed by atoms with Crippen molar-refractivity contribution in [2.24, 2.45) is 5.92 Å². The highest BCUT2D eigenvalue weighted by atomic mass is 79.9. The molecular formula is C20H17BrN2O2. The average Bonchev–Trinajstić information content (AvgIpc) is 3.01. The van der Waals surface area contributed by atoms with E-state index < -0.39 is 0 Å². The average molecular weight is 397 g/mol. The Bertz CT molecular complexity index is 840. The monoisotopic (exact) mass is 396 g/mol. The molecule has 5 heteroatoms. The van der Waals surface area contributed by atoms with E-state index in [-0.39, 0.29) is 30.7 Å². The van der Waals surface area contributed by atoms with E-state index in [4.69, 9.17) is 0 Å². The Balaban J connectivity index is 1.55. The van der Waals surface area contributed by atoms with Crippen LogP contribution in [-0.4, -0.2) is 24.9 Å². The van der Waals surface area contributed by atoms with Crippen LogP contribution in [0.3, 0.4) is 0 Å². The summed E-state index contributed by atoms with van der Waals surface area (Å²) in [6.45, 7) is 0.669. The number of hydrogen-bond donors (Lipinski definition) is 1. The minimum atomic E-state index is -0.343. The molecule has 0 unspecified atom stereocenters. The van der Waals surface area contributed by atoms with E-state index in [1.807, 2.05) is 54.6 Å². The second kappa shape index (κ2) is 8.00. The van der Waals surface area contributed by atoms with Crippen LogP contribution in [0.4, 0.5) is 5.69 Å². The summed E-state index contributed by atoms with van der Waals surface area (Å²) < 4.78 is 0.905. The van der Waals surface area contributed by atoms with E-state index >= 15 is 0 Å². The van der Waals surface area contributed by atoms with Crippen molar-refractivity contribution < 1.29 is 9.59 Å². The maximum absolute atomic E-state index is 12.3. The lowest BCUT2D eigenvalue weighted by molar-refractivity contribution is -0.126. The van der Waals surface area contributed by atoms with Gasteiger partial charge in [0.15, 0.2) is 0 Å². The molecule has 2 aromatic carbocycles. The van der Waals surface area contributed by atoms with Crippen molar-refractivity contribution in [1.82, 2.24) is 5.32 Å². The van der Waals surface area contributed by atoms with Crippen LogP contribution in [0.2, 0.25) is 0 Å². The molecule has 1 saturated heterocycles. The van der Waals surface area contributed by atoms with Crippen molar-refractivity contribution in [3.63, 3.8) is 0 Å². The lowest BCUT2D eigenvalue weighted by Gasteiger charge is -2.16.